The van der Waals surface area contributed by atoms with E-state index in [4.69, 9.17) is 9.84 Å². The monoisotopic (exact) mass is 287 g/mol. The molecule has 21 heavy (non-hydrogen) atoms. The zero-order valence-corrected chi connectivity index (χ0v) is 10.9. The normalized spacial score (nSPS) is 9.90. The minimum Gasteiger partial charge on any atom is -0.507 e. The number of rotatable bonds is 5. The van der Waals surface area contributed by atoms with Gasteiger partial charge in [-0.15, -0.1) is 0 Å². The summed E-state index contributed by atoms with van der Waals surface area (Å²) in [5, 5.41) is 20.8. The van der Waals surface area contributed by atoms with Gasteiger partial charge < -0.3 is 20.3 Å². The van der Waals surface area contributed by atoms with Crippen LogP contribution in [0, 0.1) is 0 Å². The summed E-state index contributed by atoms with van der Waals surface area (Å²) in [5.74, 6) is -1.34. The molecule has 0 atom stereocenters. The van der Waals surface area contributed by atoms with Crippen LogP contribution in [0.2, 0.25) is 0 Å². The van der Waals surface area contributed by atoms with Crippen LogP contribution < -0.4 is 10.1 Å². The second-order valence-electron chi connectivity index (χ2n) is 4.18. The summed E-state index contributed by atoms with van der Waals surface area (Å²) >= 11 is 0. The number of carbonyl (C=O) groups excluding carboxylic acids is 1. The van der Waals surface area contributed by atoms with Gasteiger partial charge in [0.15, 0.2) is 6.61 Å². The number of aliphatic carboxylic acids is 1. The number of hydrogen-bond donors (Lipinski definition) is 3. The molecule has 6 heteroatoms. The van der Waals surface area contributed by atoms with Crippen molar-refractivity contribution in [3.8, 4) is 11.5 Å². The Morgan fingerprint density at radius 1 is 1.10 bits per heavy atom. The highest BCUT2D eigenvalue weighted by Gasteiger charge is 2.10. The van der Waals surface area contributed by atoms with Gasteiger partial charge in [0, 0.05) is 11.8 Å². The standard InChI is InChI=1S/C15H13NO5/c17-13-7-2-1-6-12(13)15(20)16-10-4-3-5-11(8-10)21-9-14(18)19/h1-8,17H,9H2,(H,16,20)(H,18,19). The Hall–Kier alpha value is -3.02. The minimum atomic E-state index is -1.08. The van der Waals surface area contributed by atoms with Gasteiger partial charge in [0.05, 0.1) is 5.56 Å². The molecular formula is C15H13NO5. The quantitative estimate of drug-likeness (QED) is 0.782. The van der Waals surface area contributed by atoms with Crippen molar-refractivity contribution in [2.24, 2.45) is 0 Å². The molecule has 2 aromatic carbocycles. The van der Waals surface area contributed by atoms with Crippen LogP contribution in [-0.4, -0.2) is 28.7 Å². The fourth-order valence-electron chi connectivity index (χ4n) is 1.67. The molecule has 0 saturated heterocycles. The molecule has 0 fully saturated rings. The zero-order chi connectivity index (χ0) is 15.2. The van der Waals surface area contributed by atoms with E-state index in [1.165, 1.54) is 18.2 Å². The number of nitrogens with one attached hydrogen (secondary N) is 1. The topological polar surface area (TPSA) is 95.9 Å². The van der Waals surface area contributed by atoms with Crippen molar-refractivity contribution in [1.29, 1.82) is 0 Å². The Morgan fingerprint density at radius 3 is 2.57 bits per heavy atom. The fourth-order valence-corrected chi connectivity index (χ4v) is 1.67. The number of carbonyl (C=O) groups is 2. The third-order valence-electron chi connectivity index (χ3n) is 2.60. The summed E-state index contributed by atoms with van der Waals surface area (Å²) in [7, 11) is 0. The van der Waals surface area contributed by atoms with E-state index < -0.39 is 18.5 Å². The highest BCUT2D eigenvalue weighted by atomic mass is 16.5. The van der Waals surface area contributed by atoms with Crippen molar-refractivity contribution in [2.45, 2.75) is 0 Å². The van der Waals surface area contributed by atoms with Gasteiger partial charge in [0.25, 0.3) is 5.91 Å². The van der Waals surface area contributed by atoms with Gasteiger partial charge in [-0.25, -0.2) is 4.79 Å². The average Bonchev–Trinajstić information content (AvgIpc) is 2.46. The van der Waals surface area contributed by atoms with Crippen LogP contribution in [0.3, 0.4) is 0 Å². The molecule has 0 aliphatic heterocycles. The molecule has 0 aliphatic rings. The average molecular weight is 287 g/mol. The molecule has 0 bridgehead atoms. The SMILES string of the molecule is O=C(O)COc1cccc(NC(=O)c2ccccc2O)c1. The van der Waals surface area contributed by atoms with Crippen LogP contribution in [0.5, 0.6) is 11.5 Å². The second-order valence-corrected chi connectivity index (χ2v) is 4.18. The molecule has 108 valence electrons. The molecule has 0 unspecified atom stereocenters. The van der Waals surface area contributed by atoms with Crippen LogP contribution in [0.25, 0.3) is 0 Å². The van der Waals surface area contributed by atoms with Gasteiger partial charge in [0.2, 0.25) is 0 Å². The molecule has 1 amide bonds. The Kier molecular flexibility index (Phi) is 4.40. The first-order chi connectivity index (χ1) is 10.1. The first-order valence-electron chi connectivity index (χ1n) is 6.10. The van der Waals surface area contributed by atoms with Crippen molar-refractivity contribution >= 4 is 17.6 Å². The van der Waals surface area contributed by atoms with Gasteiger partial charge in [-0.05, 0) is 24.3 Å². The fraction of sp³-hybridized carbons (Fsp3) is 0.0667. The van der Waals surface area contributed by atoms with Gasteiger partial charge in [-0.3, -0.25) is 4.79 Å². The van der Waals surface area contributed by atoms with Crippen LogP contribution in [-0.2, 0) is 4.79 Å². The lowest BCUT2D eigenvalue weighted by Crippen LogP contribution is -2.12. The highest BCUT2D eigenvalue weighted by Crippen LogP contribution is 2.20. The number of amides is 1. The molecule has 0 spiro atoms. The third-order valence-corrected chi connectivity index (χ3v) is 2.60. The van der Waals surface area contributed by atoms with E-state index in [1.54, 1.807) is 30.3 Å². The van der Waals surface area contributed by atoms with Gasteiger partial charge in [-0.2, -0.15) is 0 Å². The number of aromatic hydroxyl groups is 1. The third kappa shape index (κ3) is 3.97. The lowest BCUT2D eigenvalue weighted by molar-refractivity contribution is -0.139. The largest absolute Gasteiger partial charge is 0.507 e. The molecule has 0 radical (unpaired) electrons. The number of carboxylic acid groups (broad SMARTS) is 1. The van der Waals surface area contributed by atoms with Gasteiger partial charge >= 0.3 is 5.97 Å². The molecule has 6 nitrogen and oxygen atoms in total. The summed E-state index contributed by atoms with van der Waals surface area (Å²) in [6, 6.07) is 12.5. The Morgan fingerprint density at radius 2 is 1.86 bits per heavy atom. The predicted molar refractivity (Wildman–Crippen MR) is 75.6 cm³/mol. The number of hydrogen-bond acceptors (Lipinski definition) is 4. The molecule has 0 aromatic heterocycles. The number of para-hydroxylation sites is 1. The number of phenolic OH excluding ortho intramolecular Hbond substituents is 1. The Bertz CT molecular complexity index is 669. The number of benzene rings is 2. The van der Waals surface area contributed by atoms with E-state index in [1.807, 2.05) is 0 Å². The number of phenols is 1. The van der Waals surface area contributed by atoms with Crippen LogP contribution in [0.4, 0.5) is 5.69 Å². The lowest BCUT2D eigenvalue weighted by atomic mass is 10.2. The van der Waals surface area contributed by atoms with Crippen molar-refractivity contribution < 1.29 is 24.5 Å². The van der Waals surface area contributed by atoms with E-state index in [9.17, 15) is 14.7 Å². The van der Waals surface area contributed by atoms with E-state index >= 15 is 0 Å². The zero-order valence-electron chi connectivity index (χ0n) is 10.9. The maximum Gasteiger partial charge on any atom is 0.341 e. The van der Waals surface area contributed by atoms with E-state index in [-0.39, 0.29) is 11.3 Å². The van der Waals surface area contributed by atoms with Crippen molar-refractivity contribution in [1.82, 2.24) is 0 Å². The Balaban J connectivity index is 2.09. The molecule has 3 N–H and O–H groups in total. The molecule has 0 heterocycles. The summed E-state index contributed by atoms with van der Waals surface area (Å²) < 4.78 is 5.02. The van der Waals surface area contributed by atoms with Crippen molar-refractivity contribution in [3.63, 3.8) is 0 Å². The van der Waals surface area contributed by atoms with Crippen LogP contribution >= 0.6 is 0 Å². The first-order valence-corrected chi connectivity index (χ1v) is 6.10. The molecule has 0 saturated carbocycles. The van der Waals surface area contributed by atoms with Crippen LogP contribution in [0.15, 0.2) is 48.5 Å². The van der Waals surface area contributed by atoms with Crippen LogP contribution in [0.1, 0.15) is 10.4 Å². The van der Waals surface area contributed by atoms with E-state index in [0.717, 1.165) is 0 Å². The maximum atomic E-state index is 12.0. The van der Waals surface area contributed by atoms with Gasteiger partial charge in [0.1, 0.15) is 11.5 Å². The lowest BCUT2D eigenvalue weighted by Gasteiger charge is -2.08. The maximum absolute atomic E-state index is 12.0. The van der Waals surface area contributed by atoms with Crippen molar-refractivity contribution in [2.75, 3.05) is 11.9 Å². The highest BCUT2D eigenvalue weighted by molar-refractivity contribution is 6.06. The van der Waals surface area contributed by atoms with Gasteiger partial charge in [-0.1, -0.05) is 18.2 Å². The van der Waals surface area contributed by atoms with Crippen molar-refractivity contribution in [3.05, 3.63) is 54.1 Å². The summed E-state index contributed by atoms with van der Waals surface area (Å²) in [6.45, 7) is -0.461. The molecular weight excluding hydrogens is 274 g/mol. The Labute approximate surface area is 120 Å². The smallest absolute Gasteiger partial charge is 0.341 e. The molecule has 2 aromatic rings. The number of ether oxygens (including phenoxy) is 1. The van der Waals surface area contributed by atoms with E-state index in [2.05, 4.69) is 5.32 Å². The summed E-state index contributed by atoms with van der Waals surface area (Å²) in [5.41, 5.74) is 0.584. The minimum absolute atomic E-state index is 0.117. The van der Waals surface area contributed by atoms with E-state index in [0.29, 0.717) is 11.4 Å². The molecule has 0 aliphatic carbocycles. The predicted octanol–water partition coefficient (Wildman–Crippen LogP) is 2.11. The summed E-state index contributed by atoms with van der Waals surface area (Å²) in [4.78, 5) is 22.4. The summed E-state index contributed by atoms with van der Waals surface area (Å²) in [6.07, 6.45) is 0. The second kappa shape index (κ2) is 6.42. The number of carboxylic acids is 1. The first kappa shape index (κ1) is 14.4. The number of anilines is 1. The molecule has 2 rings (SSSR count).